The van der Waals surface area contributed by atoms with Crippen LogP contribution in [0.3, 0.4) is 0 Å². The molecule has 11 rings (SSSR count). The quantitative estimate of drug-likeness (QED) is 0.0984. The van der Waals surface area contributed by atoms with Gasteiger partial charge >= 0.3 is 0 Å². The summed E-state index contributed by atoms with van der Waals surface area (Å²) in [6, 6.07) is 17.2. The lowest BCUT2D eigenvalue weighted by Gasteiger charge is -2.22. The number of rotatable bonds is 15. The Balaban J connectivity index is 0.000000164. The predicted molar refractivity (Wildman–Crippen MR) is 278 cm³/mol. The van der Waals surface area contributed by atoms with Gasteiger partial charge < -0.3 is 15.6 Å². The Labute approximate surface area is 416 Å². The number of pyridine rings is 2. The zero-order chi connectivity index (χ0) is 50.2. The van der Waals surface area contributed by atoms with E-state index in [1.54, 1.807) is 73.1 Å². The fraction of sp³-hybridized carbons (Fsp3) is 0.471. The minimum Gasteiger partial charge on any atom is -0.396 e. The predicted octanol–water partition coefficient (Wildman–Crippen LogP) is 8.44. The molecule has 7 aromatic rings. The number of aryl methyl sites for hydroxylation is 2. The van der Waals surface area contributed by atoms with Gasteiger partial charge in [0.1, 0.15) is 5.52 Å². The molecule has 378 valence electrons. The van der Waals surface area contributed by atoms with Gasteiger partial charge in [-0.3, -0.25) is 0 Å². The summed E-state index contributed by atoms with van der Waals surface area (Å²) in [4.78, 5) is 13.8. The maximum absolute atomic E-state index is 13.4. The molecule has 5 aromatic heterocycles. The summed E-state index contributed by atoms with van der Waals surface area (Å²) in [6.45, 7) is 8.09. The van der Waals surface area contributed by atoms with Gasteiger partial charge in [0.25, 0.3) is 20.0 Å². The zero-order valence-corrected chi connectivity index (χ0v) is 43.7. The van der Waals surface area contributed by atoms with Crippen molar-refractivity contribution in [2.75, 3.05) is 22.6 Å². The largest absolute Gasteiger partial charge is 0.396 e. The average molecular weight is 1040 g/mol. The lowest BCUT2D eigenvalue weighted by atomic mass is 10.00. The molecule has 0 saturated heterocycles. The molecule has 2 unspecified atom stereocenters. The SMILES string of the molecule is CC[C@@H]1CC(CS(=O)(=O)C2CC2)C[C@@H]1Nc1c(N)cnc2c1ccn2S(=O)(=O)c1ccc(C)cc1.CC[C@@H]1CC(CS(=O)(=O)C2CC2)C[C@@H]1n1cnc2cnc3c(ccn3S(=O)(=O)c3ccc(C)cc3)c21. The van der Waals surface area contributed by atoms with Crippen molar-refractivity contribution >= 4 is 84.2 Å². The first-order valence-corrected chi connectivity index (χ1v) is 31.0. The Morgan fingerprint density at radius 3 is 1.63 bits per heavy atom. The lowest BCUT2D eigenvalue weighted by molar-refractivity contribution is 0.377. The molecule has 4 aliphatic carbocycles. The summed E-state index contributed by atoms with van der Waals surface area (Å²) in [5.74, 6) is 1.41. The molecule has 3 N–H and O–H groups in total. The number of nitrogen functional groups attached to an aromatic ring is 1. The van der Waals surface area contributed by atoms with Gasteiger partial charge in [-0.15, -0.1) is 0 Å². The van der Waals surface area contributed by atoms with E-state index in [4.69, 9.17) is 5.73 Å². The van der Waals surface area contributed by atoms with E-state index in [9.17, 15) is 33.7 Å². The van der Waals surface area contributed by atoms with Crippen LogP contribution in [0.4, 0.5) is 11.4 Å². The van der Waals surface area contributed by atoms with Crippen molar-refractivity contribution in [3.05, 3.63) is 103 Å². The van der Waals surface area contributed by atoms with Crippen LogP contribution in [0.2, 0.25) is 0 Å². The van der Waals surface area contributed by atoms with Crippen molar-refractivity contribution in [2.45, 2.75) is 124 Å². The molecule has 4 aliphatic rings. The highest BCUT2D eigenvalue weighted by Crippen LogP contribution is 2.46. The summed E-state index contributed by atoms with van der Waals surface area (Å²) in [5, 5.41) is 4.64. The summed E-state index contributed by atoms with van der Waals surface area (Å²) in [7, 11) is -13.7. The number of fused-ring (bicyclic) bond motifs is 4. The van der Waals surface area contributed by atoms with Gasteiger partial charge in [-0.25, -0.2) is 56.6 Å². The van der Waals surface area contributed by atoms with E-state index in [-0.39, 0.29) is 55.7 Å². The van der Waals surface area contributed by atoms with E-state index in [0.29, 0.717) is 45.4 Å². The first-order valence-electron chi connectivity index (χ1n) is 24.7. The van der Waals surface area contributed by atoms with E-state index in [1.807, 2.05) is 20.2 Å². The first-order chi connectivity index (χ1) is 33.8. The van der Waals surface area contributed by atoms with Crippen LogP contribution in [0.1, 0.15) is 95.2 Å². The van der Waals surface area contributed by atoms with Crippen LogP contribution >= 0.6 is 0 Å². The van der Waals surface area contributed by atoms with Crippen LogP contribution in [0, 0.1) is 37.5 Å². The second kappa shape index (κ2) is 18.6. The van der Waals surface area contributed by atoms with Gasteiger partial charge in [0, 0.05) is 35.2 Å². The number of nitrogens with zero attached hydrogens (tertiary/aromatic N) is 6. The van der Waals surface area contributed by atoms with Crippen LogP contribution in [0.5, 0.6) is 0 Å². The van der Waals surface area contributed by atoms with Crippen molar-refractivity contribution in [1.29, 1.82) is 0 Å². The zero-order valence-electron chi connectivity index (χ0n) is 40.4. The van der Waals surface area contributed by atoms with Crippen molar-refractivity contribution in [1.82, 2.24) is 27.5 Å². The molecule has 0 radical (unpaired) electrons. The molecule has 6 atom stereocenters. The van der Waals surface area contributed by atoms with Crippen molar-refractivity contribution < 1.29 is 33.7 Å². The molecule has 4 saturated carbocycles. The highest BCUT2D eigenvalue weighted by molar-refractivity contribution is 7.92. The van der Waals surface area contributed by atoms with E-state index >= 15 is 0 Å². The summed E-state index contributed by atoms with van der Waals surface area (Å²) >= 11 is 0. The molecule has 0 spiro atoms. The molecule has 0 amide bonds. The third-order valence-electron chi connectivity index (χ3n) is 15.4. The molecule has 2 aromatic carbocycles. The maximum atomic E-state index is 13.4. The third kappa shape index (κ3) is 9.49. The second-order valence-electron chi connectivity index (χ2n) is 20.5. The second-order valence-corrected chi connectivity index (χ2v) is 28.7. The number of nitrogens with two attached hydrogens (primary N) is 1. The van der Waals surface area contributed by atoms with Gasteiger partial charge in [-0.1, -0.05) is 62.1 Å². The summed E-state index contributed by atoms with van der Waals surface area (Å²) < 4.78 is 108. The molecule has 4 fully saturated rings. The lowest BCUT2D eigenvalue weighted by Crippen LogP contribution is -2.25. The van der Waals surface area contributed by atoms with Crippen LogP contribution in [-0.2, 0) is 39.7 Å². The molecule has 0 bridgehead atoms. The summed E-state index contributed by atoms with van der Waals surface area (Å²) in [5.41, 5.74) is 11.6. The number of nitrogens with one attached hydrogen (secondary N) is 1. The third-order valence-corrected chi connectivity index (χ3v) is 23.6. The van der Waals surface area contributed by atoms with E-state index in [2.05, 4.69) is 38.7 Å². The number of sulfone groups is 2. The normalized spacial score (nSPS) is 23.1. The highest BCUT2D eigenvalue weighted by atomic mass is 32.2. The van der Waals surface area contributed by atoms with Crippen molar-refractivity contribution in [3.63, 3.8) is 0 Å². The Hall–Kier alpha value is -5.31. The number of hydrogen-bond acceptors (Lipinski definition) is 13. The van der Waals surface area contributed by atoms with Gasteiger partial charge in [0.2, 0.25) is 0 Å². The van der Waals surface area contributed by atoms with E-state index < -0.39 is 39.7 Å². The van der Waals surface area contributed by atoms with Crippen LogP contribution < -0.4 is 11.1 Å². The minimum atomic E-state index is -3.82. The van der Waals surface area contributed by atoms with Gasteiger partial charge in [0.15, 0.2) is 31.0 Å². The molecule has 71 heavy (non-hydrogen) atoms. The number of anilines is 2. The smallest absolute Gasteiger partial charge is 0.269 e. The van der Waals surface area contributed by atoms with E-state index in [0.717, 1.165) is 86.2 Å². The van der Waals surface area contributed by atoms with Gasteiger partial charge in [-0.05, 0) is 125 Å². The number of imidazole rings is 1. The Morgan fingerprint density at radius 2 is 1.10 bits per heavy atom. The van der Waals surface area contributed by atoms with Crippen LogP contribution in [-0.4, -0.2) is 89.2 Å². The van der Waals surface area contributed by atoms with E-state index in [1.165, 1.54) is 20.3 Å². The van der Waals surface area contributed by atoms with Gasteiger partial charge in [-0.2, -0.15) is 0 Å². The van der Waals surface area contributed by atoms with Crippen LogP contribution in [0.25, 0.3) is 33.1 Å². The topological polar surface area (TPSA) is 228 Å². The fourth-order valence-corrected chi connectivity index (χ4v) is 17.9. The minimum absolute atomic E-state index is 0.0596. The molecule has 5 heterocycles. The number of aromatic nitrogens is 6. The number of benzene rings is 2. The van der Waals surface area contributed by atoms with Gasteiger partial charge in [0.05, 0.1) is 67.4 Å². The summed E-state index contributed by atoms with van der Waals surface area (Å²) in [6.07, 6.45) is 16.3. The Bertz CT molecular complexity index is 3600. The Morgan fingerprint density at radius 1 is 0.606 bits per heavy atom. The molecular weight excluding hydrogens is 981 g/mol. The Kier molecular flexibility index (Phi) is 12.9. The standard InChI is InChI=1S/C26H30N4O4S2.C25H32N4O4S2/c1-3-19-12-18(15-35(31,32)20-8-9-20)13-24(19)29-16-28-23-14-27-26-22(25(23)29)10-11-30(26)36(33,34)21-6-4-17(2)5-7-21;1-3-18-12-17(15-34(30,31)19-8-9-19)13-23(18)28-24-21-10-11-29(25(21)27-14-22(24)26)35(32,33)20-6-4-16(2)5-7-20/h4-7,10-11,14,16,18-20,24H,3,8-9,12-13,15H2,1-2H3;4-7,10-11,14,17-19,23H,3,8-9,12-13,15,26H2,1-2H3,(H,27,28)/t18?,19-,24+;17?,18-,23+/m11/s1. The number of hydrogen-bond donors (Lipinski definition) is 2. The molecule has 20 heteroatoms. The van der Waals surface area contributed by atoms with Crippen molar-refractivity contribution in [2.24, 2.45) is 23.7 Å². The molecule has 0 aliphatic heterocycles. The molecular formula is C51H62N8O8S4. The van der Waals surface area contributed by atoms with Crippen LogP contribution in [0.15, 0.2) is 102 Å². The van der Waals surface area contributed by atoms with Crippen molar-refractivity contribution in [3.8, 4) is 0 Å². The fourth-order valence-electron chi connectivity index (χ4n) is 11.2. The average Bonchev–Trinajstić information content (AvgIpc) is 4.14. The molecule has 16 nitrogen and oxygen atoms in total. The first kappa shape index (κ1) is 49.3. The monoisotopic (exact) mass is 1040 g/mol. The highest BCUT2D eigenvalue weighted by Gasteiger charge is 2.43. The maximum Gasteiger partial charge on any atom is 0.269 e.